The lowest BCUT2D eigenvalue weighted by Crippen LogP contribution is -2.20. The summed E-state index contributed by atoms with van der Waals surface area (Å²) in [5.74, 6) is -0.707. The van der Waals surface area contributed by atoms with E-state index in [-0.39, 0.29) is 16.9 Å². The first kappa shape index (κ1) is 18.2. The minimum atomic E-state index is -0.568. The molecule has 0 radical (unpaired) electrons. The number of H-pyrrole nitrogens is 1. The number of aromatic nitrogens is 2. The van der Waals surface area contributed by atoms with E-state index in [1.165, 1.54) is 17.0 Å². The predicted octanol–water partition coefficient (Wildman–Crippen LogP) is 3.10. The normalized spacial score (nSPS) is 11.2. The molecule has 0 unspecified atom stereocenters. The molecule has 7 nitrogen and oxygen atoms in total. The Morgan fingerprint density at radius 3 is 2.45 bits per heavy atom. The lowest BCUT2D eigenvalue weighted by Gasteiger charge is -2.05. The highest BCUT2D eigenvalue weighted by atomic mass is 16.3. The molecule has 1 heterocycles. The van der Waals surface area contributed by atoms with Crippen molar-refractivity contribution in [3.63, 3.8) is 0 Å². The van der Waals surface area contributed by atoms with Crippen molar-refractivity contribution in [3.05, 3.63) is 93.9 Å². The Kier molecular flexibility index (Phi) is 4.70. The molecule has 3 N–H and O–H groups in total. The third-order valence-electron chi connectivity index (χ3n) is 4.60. The van der Waals surface area contributed by atoms with E-state index in [0.29, 0.717) is 16.9 Å². The summed E-state index contributed by atoms with van der Waals surface area (Å²) in [4.78, 5) is 25.0. The fourth-order valence-corrected chi connectivity index (χ4v) is 3.10. The number of hydrogen-bond donors (Lipinski definition) is 3. The molecule has 0 bridgehead atoms. The number of benzene rings is 3. The molecule has 0 spiro atoms. The number of carbonyl (C=O) groups excluding carboxylic acids is 1. The third kappa shape index (κ3) is 3.53. The number of phenolic OH excluding ortho intramolecular Hbond substituents is 1. The summed E-state index contributed by atoms with van der Waals surface area (Å²) < 4.78 is 1.41. The summed E-state index contributed by atoms with van der Waals surface area (Å²) in [6.45, 7) is 1.75. The molecule has 29 heavy (non-hydrogen) atoms. The average molecular weight is 386 g/mol. The Labute approximate surface area is 165 Å². The molecule has 7 heteroatoms. The van der Waals surface area contributed by atoms with Crippen molar-refractivity contribution in [1.82, 2.24) is 15.2 Å². The van der Waals surface area contributed by atoms with Gasteiger partial charge >= 0.3 is 0 Å². The van der Waals surface area contributed by atoms with Crippen LogP contribution in [0.5, 0.6) is 5.75 Å². The van der Waals surface area contributed by atoms with Crippen molar-refractivity contribution in [1.29, 1.82) is 0 Å². The molecule has 144 valence electrons. The van der Waals surface area contributed by atoms with Crippen molar-refractivity contribution in [3.8, 4) is 11.4 Å². The highest BCUT2D eigenvalue weighted by Gasteiger charge is 2.13. The zero-order valence-corrected chi connectivity index (χ0v) is 15.6. The number of fused-ring (bicyclic) bond motifs is 1. The van der Waals surface area contributed by atoms with Crippen LogP contribution in [0, 0.1) is 6.92 Å². The second kappa shape index (κ2) is 7.47. The predicted molar refractivity (Wildman–Crippen MR) is 112 cm³/mol. The summed E-state index contributed by atoms with van der Waals surface area (Å²) >= 11 is 0. The number of hydrazone groups is 1. The van der Waals surface area contributed by atoms with Crippen LogP contribution >= 0.6 is 0 Å². The number of amides is 1. The number of aryl methyl sites for hydroxylation is 1. The van der Waals surface area contributed by atoms with Crippen LogP contribution in [0.25, 0.3) is 16.5 Å². The molecular formula is C22H18N4O3. The van der Waals surface area contributed by atoms with Gasteiger partial charge < -0.3 is 5.11 Å². The second-order valence-corrected chi connectivity index (χ2v) is 6.54. The van der Waals surface area contributed by atoms with E-state index in [1.807, 2.05) is 54.6 Å². The third-order valence-corrected chi connectivity index (χ3v) is 4.60. The molecule has 0 atom stereocenters. The molecule has 0 aliphatic heterocycles. The SMILES string of the molecule is Cc1[nH]n(-c2ccccc2)c(=O)c1/C=N/NC(=O)c1cc2ccccc2cc1O. The van der Waals surface area contributed by atoms with E-state index >= 15 is 0 Å². The molecule has 0 fully saturated rings. The van der Waals surface area contributed by atoms with E-state index in [4.69, 9.17) is 0 Å². The second-order valence-electron chi connectivity index (χ2n) is 6.54. The van der Waals surface area contributed by atoms with Gasteiger partial charge in [0.15, 0.2) is 0 Å². The van der Waals surface area contributed by atoms with Gasteiger partial charge in [0.25, 0.3) is 11.5 Å². The molecule has 0 aliphatic carbocycles. The molecule has 4 rings (SSSR count). The van der Waals surface area contributed by atoms with Crippen LogP contribution in [0.1, 0.15) is 21.6 Å². The number of carbonyl (C=O) groups is 1. The summed E-state index contributed by atoms with van der Waals surface area (Å²) in [6.07, 6.45) is 1.30. The minimum Gasteiger partial charge on any atom is -0.507 e. The first-order valence-corrected chi connectivity index (χ1v) is 8.97. The van der Waals surface area contributed by atoms with Gasteiger partial charge in [-0.15, -0.1) is 0 Å². The van der Waals surface area contributed by atoms with Crippen LogP contribution in [0.15, 0.2) is 76.6 Å². The Morgan fingerprint density at radius 1 is 1.07 bits per heavy atom. The maximum atomic E-state index is 12.6. The lowest BCUT2D eigenvalue weighted by molar-refractivity contribution is 0.0952. The fraction of sp³-hybridized carbons (Fsp3) is 0.0455. The smallest absolute Gasteiger partial charge is 0.280 e. The van der Waals surface area contributed by atoms with Gasteiger partial charge in [0.2, 0.25) is 0 Å². The van der Waals surface area contributed by atoms with Crippen LogP contribution in [0.4, 0.5) is 0 Å². The van der Waals surface area contributed by atoms with E-state index in [0.717, 1.165) is 10.8 Å². The number of aromatic amines is 1. The standard InChI is InChI=1S/C22H18N4O3/c1-14-19(22(29)26(25-14)17-9-3-2-4-10-17)13-23-24-21(28)18-11-15-7-5-6-8-16(15)12-20(18)27/h2-13,25,27H,1H3,(H,24,28)/b23-13+. The maximum Gasteiger partial charge on any atom is 0.280 e. The lowest BCUT2D eigenvalue weighted by atomic mass is 10.1. The van der Waals surface area contributed by atoms with Gasteiger partial charge in [-0.1, -0.05) is 42.5 Å². The number of hydrogen-bond acceptors (Lipinski definition) is 4. The average Bonchev–Trinajstić information content (AvgIpc) is 3.02. The van der Waals surface area contributed by atoms with Crippen molar-refractivity contribution < 1.29 is 9.90 Å². The van der Waals surface area contributed by atoms with E-state index in [2.05, 4.69) is 15.6 Å². The molecule has 4 aromatic rings. The fourth-order valence-electron chi connectivity index (χ4n) is 3.10. The van der Waals surface area contributed by atoms with E-state index in [1.54, 1.807) is 13.0 Å². The quantitative estimate of drug-likeness (QED) is 0.371. The number of rotatable bonds is 4. The molecule has 1 amide bonds. The van der Waals surface area contributed by atoms with Crippen LogP contribution in [0.3, 0.4) is 0 Å². The first-order chi connectivity index (χ1) is 14.0. The Morgan fingerprint density at radius 2 is 1.72 bits per heavy atom. The number of nitrogens with one attached hydrogen (secondary N) is 2. The highest BCUT2D eigenvalue weighted by Crippen LogP contribution is 2.24. The maximum absolute atomic E-state index is 12.6. The molecule has 0 aliphatic rings. The highest BCUT2D eigenvalue weighted by molar-refractivity contribution is 6.01. The molecule has 1 aromatic heterocycles. The molecule has 0 saturated heterocycles. The van der Waals surface area contributed by atoms with Gasteiger partial charge in [-0.25, -0.2) is 10.1 Å². The Bertz CT molecular complexity index is 1290. The molecular weight excluding hydrogens is 368 g/mol. The summed E-state index contributed by atoms with van der Waals surface area (Å²) in [5, 5.41) is 18.7. The van der Waals surface area contributed by atoms with Gasteiger partial charge in [-0.05, 0) is 42.0 Å². The van der Waals surface area contributed by atoms with E-state index in [9.17, 15) is 14.7 Å². The van der Waals surface area contributed by atoms with Gasteiger partial charge in [0.05, 0.1) is 23.0 Å². The minimum absolute atomic E-state index is 0.105. The van der Waals surface area contributed by atoms with Crippen molar-refractivity contribution >= 4 is 22.9 Å². The van der Waals surface area contributed by atoms with Crippen molar-refractivity contribution in [2.24, 2.45) is 5.10 Å². The number of para-hydroxylation sites is 1. The Hall–Kier alpha value is -4.13. The zero-order valence-electron chi connectivity index (χ0n) is 15.6. The monoisotopic (exact) mass is 386 g/mol. The number of aromatic hydroxyl groups is 1. The molecule has 0 saturated carbocycles. The summed E-state index contributed by atoms with van der Waals surface area (Å²) in [7, 11) is 0. The van der Waals surface area contributed by atoms with Crippen molar-refractivity contribution in [2.45, 2.75) is 6.92 Å². The van der Waals surface area contributed by atoms with Crippen LogP contribution in [0.2, 0.25) is 0 Å². The summed E-state index contributed by atoms with van der Waals surface area (Å²) in [5.41, 5.74) is 3.84. The largest absolute Gasteiger partial charge is 0.507 e. The van der Waals surface area contributed by atoms with Gasteiger partial charge in [-0.3, -0.25) is 14.7 Å². The van der Waals surface area contributed by atoms with Crippen molar-refractivity contribution in [2.75, 3.05) is 0 Å². The van der Waals surface area contributed by atoms with Crippen LogP contribution in [-0.2, 0) is 0 Å². The van der Waals surface area contributed by atoms with Gasteiger partial charge in [0, 0.05) is 5.69 Å². The molecule has 3 aromatic carbocycles. The first-order valence-electron chi connectivity index (χ1n) is 8.97. The van der Waals surface area contributed by atoms with Gasteiger partial charge in [0.1, 0.15) is 5.75 Å². The topological polar surface area (TPSA) is 99.5 Å². The van der Waals surface area contributed by atoms with E-state index < -0.39 is 5.91 Å². The zero-order chi connectivity index (χ0) is 20.4. The van der Waals surface area contributed by atoms with Gasteiger partial charge in [-0.2, -0.15) is 5.10 Å². The van der Waals surface area contributed by atoms with Crippen LogP contribution < -0.4 is 11.0 Å². The number of nitrogens with zero attached hydrogens (tertiary/aromatic N) is 2. The van der Waals surface area contributed by atoms with Crippen LogP contribution in [-0.4, -0.2) is 27.0 Å². The number of phenols is 1. The Balaban J connectivity index is 1.57. The summed E-state index contributed by atoms with van der Waals surface area (Å²) in [6, 6.07) is 19.7.